The zero-order valence-corrected chi connectivity index (χ0v) is 21.6. The lowest BCUT2D eigenvalue weighted by Gasteiger charge is -2.15. The van der Waals surface area contributed by atoms with Crippen molar-refractivity contribution in [2.45, 2.75) is 23.8 Å². The molecule has 0 spiro atoms. The Kier molecular flexibility index (Phi) is 7.26. The van der Waals surface area contributed by atoms with E-state index in [0.717, 1.165) is 51.0 Å². The fourth-order valence-electron chi connectivity index (χ4n) is 4.14. The summed E-state index contributed by atoms with van der Waals surface area (Å²) < 4.78 is 0.889. The summed E-state index contributed by atoms with van der Waals surface area (Å²) in [7, 11) is 0. The second kappa shape index (κ2) is 10.7. The smallest absolute Gasteiger partial charge is 0.270 e. The summed E-state index contributed by atoms with van der Waals surface area (Å²) >= 11 is 5.29. The molecule has 1 aliphatic rings. The third-order valence-electron chi connectivity index (χ3n) is 5.94. The van der Waals surface area contributed by atoms with E-state index >= 15 is 0 Å². The molecule has 0 radical (unpaired) electrons. The third-order valence-corrected chi connectivity index (χ3v) is 7.36. The van der Waals surface area contributed by atoms with Crippen LogP contribution >= 0.6 is 27.7 Å². The summed E-state index contributed by atoms with van der Waals surface area (Å²) in [6.07, 6.45) is 5.96. The van der Waals surface area contributed by atoms with E-state index < -0.39 is 0 Å². The average Bonchev–Trinajstić information content (AvgIpc) is 3.41. The molecule has 1 aliphatic heterocycles. The lowest BCUT2D eigenvalue weighted by atomic mass is 10.0. The average molecular weight is 549 g/mol. The van der Waals surface area contributed by atoms with Crippen molar-refractivity contribution in [2.75, 3.05) is 24.7 Å². The van der Waals surface area contributed by atoms with Crippen molar-refractivity contribution in [3.63, 3.8) is 0 Å². The predicted octanol–water partition coefficient (Wildman–Crippen LogP) is 5.40. The standard InChI is InChI=1S/C26H25BrN6OS/c1-35-19-8-4-6-17(13-19)31-26-30-14-16-12-21(20-9-2-3-10-22(20)27)23(32-24(16)33-26)25(34)29-15-18-7-5-11-28-18/h2-4,6,8-10,12-14,18,28H,5,7,11,15H2,1H3,(H,29,34)(H,30,31,32,33)/t18-/m0/s1. The Labute approximate surface area is 216 Å². The van der Waals surface area contributed by atoms with Crippen molar-refractivity contribution in [1.29, 1.82) is 0 Å². The monoisotopic (exact) mass is 548 g/mol. The molecule has 1 amide bonds. The second-order valence-corrected chi connectivity index (χ2v) is 10.1. The van der Waals surface area contributed by atoms with Crippen molar-refractivity contribution in [3.8, 4) is 11.1 Å². The van der Waals surface area contributed by atoms with Crippen LogP contribution in [0.25, 0.3) is 22.2 Å². The van der Waals surface area contributed by atoms with E-state index in [0.29, 0.717) is 29.9 Å². The highest BCUT2D eigenvalue weighted by atomic mass is 79.9. The van der Waals surface area contributed by atoms with Gasteiger partial charge in [0.05, 0.1) is 0 Å². The lowest BCUT2D eigenvalue weighted by molar-refractivity contribution is 0.0946. The van der Waals surface area contributed by atoms with Crippen molar-refractivity contribution in [3.05, 3.63) is 71.0 Å². The minimum Gasteiger partial charge on any atom is -0.349 e. The van der Waals surface area contributed by atoms with Gasteiger partial charge in [-0.25, -0.2) is 9.97 Å². The number of amides is 1. The summed E-state index contributed by atoms with van der Waals surface area (Å²) in [5.74, 6) is 0.213. The normalized spacial score (nSPS) is 15.3. The molecule has 0 bridgehead atoms. The predicted molar refractivity (Wildman–Crippen MR) is 145 cm³/mol. The van der Waals surface area contributed by atoms with E-state index in [1.807, 2.05) is 60.9 Å². The third kappa shape index (κ3) is 5.47. The van der Waals surface area contributed by atoms with Crippen LogP contribution in [0.5, 0.6) is 0 Å². The number of rotatable bonds is 7. The number of nitrogens with one attached hydrogen (secondary N) is 3. The maximum Gasteiger partial charge on any atom is 0.270 e. The van der Waals surface area contributed by atoms with Gasteiger partial charge in [0.2, 0.25) is 5.95 Å². The number of carbonyl (C=O) groups is 1. The van der Waals surface area contributed by atoms with Crippen LogP contribution in [0.3, 0.4) is 0 Å². The highest BCUT2D eigenvalue weighted by molar-refractivity contribution is 9.10. The molecule has 2 aromatic carbocycles. The van der Waals surface area contributed by atoms with Gasteiger partial charge in [0.15, 0.2) is 5.65 Å². The highest BCUT2D eigenvalue weighted by Crippen LogP contribution is 2.32. The summed E-state index contributed by atoms with van der Waals surface area (Å²) in [6.45, 7) is 1.56. The first kappa shape index (κ1) is 23.7. The molecule has 3 heterocycles. The van der Waals surface area contributed by atoms with E-state index in [1.165, 1.54) is 0 Å². The van der Waals surface area contributed by atoms with Gasteiger partial charge in [0.25, 0.3) is 5.91 Å². The maximum atomic E-state index is 13.3. The Morgan fingerprint density at radius 1 is 1.14 bits per heavy atom. The number of pyridine rings is 1. The Hall–Kier alpha value is -3.01. The van der Waals surface area contributed by atoms with Gasteiger partial charge in [0.1, 0.15) is 5.69 Å². The first-order valence-corrected chi connectivity index (χ1v) is 13.5. The van der Waals surface area contributed by atoms with Crippen molar-refractivity contribution in [2.24, 2.45) is 0 Å². The zero-order valence-electron chi connectivity index (χ0n) is 19.2. The number of hydrogen-bond acceptors (Lipinski definition) is 7. The molecule has 0 saturated carbocycles. The number of aromatic nitrogens is 3. The number of carbonyl (C=O) groups excluding carboxylic acids is 1. The largest absolute Gasteiger partial charge is 0.349 e. The van der Waals surface area contributed by atoms with Crippen molar-refractivity contribution in [1.82, 2.24) is 25.6 Å². The fraction of sp³-hybridized carbons (Fsp3) is 0.231. The molecular weight excluding hydrogens is 524 g/mol. The Morgan fingerprint density at radius 2 is 2.03 bits per heavy atom. The Morgan fingerprint density at radius 3 is 2.83 bits per heavy atom. The summed E-state index contributed by atoms with van der Waals surface area (Å²) in [5.41, 5.74) is 3.32. The number of benzene rings is 2. The van der Waals surface area contributed by atoms with Crippen molar-refractivity contribution >= 4 is 56.3 Å². The van der Waals surface area contributed by atoms with Gasteiger partial charge >= 0.3 is 0 Å². The number of fused-ring (bicyclic) bond motifs is 1. The number of nitrogens with zero attached hydrogens (tertiary/aromatic N) is 3. The Bertz CT molecular complexity index is 1380. The number of halogens is 1. The molecular formula is C26H25BrN6OS. The lowest BCUT2D eigenvalue weighted by Crippen LogP contribution is -2.37. The van der Waals surface area contributed by atoms with Gasteiger partial charge < -0.3 is 16.0 Å². The Balaban J connectivity index is 1.51. The number of hydrogen-bond donors (Lipinski definition) is 3. The molecule has 7 nitrogen and oxygen atoms in total. The topological polar surface area (TPSA) is 91.8 Å². The van der Waals surface area contributed by atoms with Crippen LogP contribution in [-0.2, 0) is 0 Å². The molecule has 1 saturated heterocycles. The minimum absolute atomic E-state index is 0.216. The molecule has 2 aromatic heterocycles. The van der Waals surface area contributed by atoms with E-state index in [2.05, 4.69) is 41.8 Å². The maximum absolute atomic E-state index is 13.3. The van der Waals surface area contributed by atoms with Crippen molar-refractivity contribution < 1.29 is 4.79 Å². The van der Waals surface area contributed by atoms with Crippen LogP contribution < -0.4 is 16.0 Å². The van der Waals surface area contributed by atoms with Gasteiger partial charge in [0, 0.05) is 44.8 Å². The van der Waals surface area contributed by atoms with E-state index in [9.17, 15) is 4.79 Å². The first-order valence-electron chi connectivity index (χ1n) is 11.5. The van der Waals surface area contributed by atoms with E-state index in [4.69, 9.17) is 4.98 Å². The molecule has 178 valence electrons. The SMILES string of the molecule is CSc1cccc(Nc2ncc3cc(-c4ccccc4Br)c(C(=O)NC[C@@H]4CCCN4)nc3n2)c1. The van der Waals surface area contributed by atoms with Gasteiger partial charge in [-0.3, -0.25) is 4.79 Å². The number of thioether (sulfide) groups is 1. The molecule has 5 rings (SSSR count). The zero-order chi connectivity index (χ0) is 24.2. The second-order valence-electron chi connectivity index (χ2n) is 8.33. The molecule has 35 heavy (non-hydrogen) atoms. The van der Waals surface area contributed by atoms with Gasteiger partial charge in [-0.15, -0.1) is 11.8 Å². The summed E-state index contributed by atoms with van der Waals surface area (Å²) in [6, 6.07) is 18.1. The quantitative estimate of drug-likeness (QED) is 0.266. The van der Waals surface area contributed by atoms with Crippen LogP contribution in [0.1, 0.15) is 23.3 Å². The molecule has 4 aromatic rings. The molecule has 1 fully saturated rings. The summed E-state index contributed by atoms with van der Waals surface area (Å²) in [4.78, 5) is 28.3. The van der Waals surface area contributed by atoms with E-state index in [1.54, 1.807) is 18.0 Å². The van der Waals surface area contributed by atoms with Crippen LogP contribution in [0.2, 0.25) is 0 Å². The molecule has 9 heteroatoms. The highest BCUT2D eigenvalue weighted by Gasteiger charge is 2.21. The molecule has 0 unspecified atom stereocenters. The van der Waals surface area contributed by atoms with Crippen LogP contribution in [0.4, 0.5) is 11.6 Å². The molecule has 1 atom stereocenters. The first-order chi connectivity index (χ1) is 17.1. The van der Waals surface area contributed by atoms with Gasteiger partial charge in [-0.2, -0.15) is 4.98 Å². The molecule has 3 N–H and O–H groups in total. The van der Waals surface area contributed by atoms with Crippen LogP contribution in [0, 0.1) is 0 Å². The van der Waals surface area contributed by atoms with E-state index in [-0.39, 0.29) is 5.91 Å². The summed E-state index contributed by atoms with van der Waals surface area (Å²) in [5, 5.41) is 10.5. The number of anilines is 2. The van der Waals surface area contributed by atoms with Gasteiger partial charge in [-0.1, -0.05) is 40.2 Å². The fourth-order valence-corrected chi connectivity index (χ4v) is 5.10. The van der Waals surface area contributed by atoms with Gasteiger partial charge in [-0.05, 0) is 61.5 Å². The van der Waals surface area contributed by atoms with Crippen LogP contribution in [-0.4, -0.2) is 46.2 Å². The van der Waals surface area contributed by atoms with Crippen LogP contribution in [0.15, 0.2) is 70.2 Å². The molecule has 0 aliphatic carbocycles. The minimum atomic E-state index is -0.216.